The van der Waals surface area contributed by atoms with Gasteiger partial charge in [-0.15, -0.1) is 0 Å². The number of rotatable bonds is 7. The van der Waals surface area contributed by atoms with Crippen LogP contribution in [0.15, 0.2) is 30.7 Å². The van der Waals surface area contributed by atoms with Gasteiger partial charge in [0.1, 0.15) is 5.75 Å². The van der Waals surface area contributed by atoms with Crippen LogP contribution in [0.1, 0.15) is 42.0 Å². The Kier molecular flexibility index (Phi) is 4.02. The van der Waals surface area contributed by atoms with Crippen LogP contribution in [0.25, 0.3) is 0 Å². The Labute approximate surface area is 118 Å². The summed E-state index contributed by atoms with van der Waals surface area (Å²) in [5.41, 5.74) is 3.44. The minimum absolute atomic E-state index is 0.117. The number of hydrogen-bond acceptors (Lipinski definition) is 3. The highest BCUT2D eigenvalue weighted by atomic mass is 16.5. The average Bonchev–Trinajstić information content (AvgIpc) is 3.20. The second-order valence-electron chi connectivity index (χ2n) is 5.32. The fourth-order valence-electron chi connectivity index (χ4n) is 2.46. The summed E-state index contributed by atoms with van der Waals surface area (Å²) in [6, 6.07) is 6.03. The summed E-state index contributed by atoms with van der Waals surface area (Å²) in [6.45, 7) is 0.813. The highest BCUT2D eigenvalue weighted by molar-refractivity contribution is 5.39. The molecule has 0 saturated heterocycles. The lowest BCUT2D eigenvalue weighted by molar-refractivity contribution is 0.279. The van der Waals surface area contributed by atoms with Crippen molar-refractivity contribution in [2.45, 2.75) is 38.2 Å². The van der Waals surface area contributed by atoms with Gasteiger partial charge in [-0.3, -0.25) is 0 Å². The van der Waals surface area contributed by atoms with Crippen molar-refractivity contribution in [2.24, 2.45) is 0 Å². The zero-order valence-electron chi connectivity index (χ0n) is 11.5. The van der Waals surface area contributed by atoms with Gasteiger partial charge in [0, 0.05) is 11.9 Å². The smallest absolute Gasteiger partial charge is 0.119 e. The predicted octanol–water partition coefficient (Wildman–Crippen LogP) is 2.79. The van der Waals surface area contributed by atoms with Crippen LogP contribution < -0.4 is 4.74 Å². The zero-order chi connectivity index (χ0) is 13.8. The Morgan fingerprint density at radius 2 is 2.25 bits per heavy atom. The Morgan fingerprint density at radius 1 is 1.35 bits per heavy atom. The van der Waals surface area contributed by atoms with Gasteiger partial charge in [0.05, 0.1) is 19.5 Å². The number of benzene rings is 1. The third-order valence-electron chi connectivity index (χ3n) is 3.72. The van der Waals surface area contributed by atoms with E-state index >= 15 is 0 Å². The van der Waals surface area contributed by atoms with Crippen molar-refractivity contribution in [3.63, 3.8) is 0 Å². The van der Waals surface area contributed by atoms with Gasteiger partial charge in [-0.05, 0) is 54.9 Å². The van der Waals surface area contributed by atoms with Gasteiger partial charge in [-0.25, -0.2) is 4.98 Å². The van der Waals surface area contributed by atoms with Crippen LogP contribution in [-0.4, -0.2) is 21.7 Å². The molecular weight excluding hydrogens is 252 g/mol. The fourth-order valence-corrected chi connectivity index (χ4v) is 2.46. The fraction of sp³-hybridized carbons (Fsp3) is 0.438. The Bertz CT molecular complexity index is 548. The molecule has 0 radical (unpaired) electrons. The molecule has 1 aromatic carbocycles. The zero-order valence-corrected chi connectivity index (χ0v) is 11.5. The van der Waals surface area contributed by atoms with E-state index < -0.39 is 0 Å². The maximum atomic E-state index is 9.36. The molecule has 4 heteroatoms. The molecule has 3 rings (SSSR count). The molecule has 1 saturated carbocycles. The van der Waals surface area contributed by atoms with Crippen LogP contribution in [0.4, 0.5) is 0 Å². The molecule has 1 fully saturated rings. The first-order valence-corrected chi connectivity index (χ1v) is 7.20. The maximum Gasteiger partial charge on any atom is 0.119 e. The summed E-state index contributed by atoms with van der Waals surface area (Å²) < 4.78 is 5.81. The van der Waals surface area contributed by atoms with Crippen molar-refractivity contribution in [1.29, 1.82) is 0 Å². The summed E-state index contributed by atoms with van der Waals surface area (Å²) >= 11 is 0. The van der Waals surface area contributed by atoms with Gasteiger partial charge in [0.2, 0.25) is 0 Å². The lowest BCUT2D eigenvalue weighted by atomic mass is 10.0. The molecule has 4 nitrogen and oxygen atoms in total. The molecule has 0 aliphatic heterocycles. The van der Waals surface area contributed by atoms with E-state index in [2.05, 4.69) is 16.0 Å². The molecular formula is C16H20N2O2. The molecule has 0 spiro atoms. The molecule has 0 amide bonds. The molecule has 106 valence electrons. The van der Waals surface area contributed by atoms with E-state index in [4.69, 9.17) is 4.74 Å². The summed E-state index contributed by atoms with van der Waals surface area (Å²) in [5, 5.41) is 9.36. The van der Waals surface area contributed by atoms with E-state index in [1.165, 1.54) is 18.4 Å². The lowest BCUT2D eigenvalue weighted by Crippen LogP contribution is -2.01. The number of nitrogens with zero attached hydrogens (tertiary/aromatic N) is 1. The number of aliphatic hydroxyl groups excluding tert-OH is 1. The monoisotopic (exact) mass is 272 g/mol. The summed E-state index contributed by atoms with van der Waals surface area (Å²) in [4.78, 5) is 7.08. The number of aliphatic hydroxyl groups is 1. The Balaban J connectivity index is 1.53. The molecule has 2 N–H and O–H groups in total. The topological polar surface area (TPSA) is 58.1 Å². The van der Waals surface area contributed by atoms with Crippen molar-refractivity contribution in [3.05, 3.63) is 47.5 Å². The van der Waals surface area contributed by atoms with Crippen molar-refractivity contribution in [2.75, 3.05) is 6.61 Å². The van der Waals surface area contributed by atoms with E-state index in [9.17, 15) is 5.11 Å². The third kappa shape index (κ3) is 3.20. The maximum absolute atomic E-state index is 9.36. The van der Waals surface area contributed by atoms with Crippen LogP contribution in [-0.2, 0) is 13.0 Å². The number of nitrogens with one attached hydrogen (secondary N) is 1. The van der Waals surface area contributed by atoms with Crippen LogP contribution in [0.2, 0.25) is 0 Å². The van der Waals surface area contributed by atoms with E-state index in [0.29, 0.717) is 12.5 Å². The number of aromatic amines is 1. The molecule has 0 atom stereocenters. The first-order valence-electron chi connectivity index (χ1n) is 7.20. The van der Waals surface area contributed by atoms with Gasteiger partial charge in [0.15, 0.2) is 0 Å². The van der Waals surface area contributed by atoms with E-state index in [0.717, 1.165) is 29.8 Å². The molecule has 2 aromatic rings. The van der Waals surface area contributed by atoms with Gasteiger partial charge in [0.25, 0.3) is 0 Å². The lowest BCUT2D eigenvalue weighted by Gasteiger charge is -2.11. The van der Waals surface area contributed by atoms with Crippen LogP contribution in [0, 0.1) is 0 Å². The quantitative estimate of drug-likeness (QED) is 0.762. The van der Waals surface area contributed by atoms with Crippen molar-refractivity contribution in [1.82, 2.24) is 9.97 Å². The first-order chi connectivity index (χ1) is 9.86. The largest absolute Gasteiger partial charge is 0.494 e. The van der Waals surface area contributed by atoms with Crippen LogP contribution >= 0.6 is 0 Å². The number of aromatic nitrogens is 2. The normalized spacial score (nSPS) is 14.4. The molecule has 1 heterocycles. The molecule has 1 aromatic heterocycles. The van der Waals surface area contributed by atoms with Gasteiger partial charge < -0.3 is 14.8 Å². The Hall–Kier alpha value is -1.81. The Morgan fingerprint density at radius 3 is 2.95 bits per heavy atom. The molecule has 1 aliphatic rings. The minimum Gasteiger partial charge on any atom is -0.494 e. The molecule has 20 heavy (non-hydrogen) atoms. The van der Waals surface area contributed by atoms with Crippen LogP contribution in [0.5, 0.6) is 5.75 Å². The van der Waals surface area contributed by atoms with Crippen molar-refractivity contribution in [3.8, 4) is 5.75 Å². The summed E-state index contributed by atoms with van der Waals surface area (Å²) in [5.74, 6) is 1.54. The number of aryl methyl sites for hydroxylation is 1. The number of imidazole rings is 1. The number of ether oxygens (including phenoxy) is 1. The van der Waals surface area contributed by atoms with E-state index in [-0.39, 0.29) is 6.61 Å². The average molecular weight is 272 g/mol. The molecule has 1 aliphatic carbocycles. The predicted molar refractivity (Wildman–Crippen MR) is 76.7 cm³/mol. The second kappa shape index (κ2) is 6.09. The minimum atomic E-state index is 0.117. The van der Waals surface area contributed by atoms with E-state index in [1.54, 1.807) is 6.33 Å². The third-order valence-corrected chi connectivity index (χ3v) is 3.72. The second-order valence-corrected chi connectivity index (χ2v) is 5.32. The standard InChI is InChI=1S/C16H20N2O2/c19-10-13-5-6-15(8-16(13)12-3-4-12)20-7-1-2-14-9-17-11-18-14/h5-6,8-9,11-12,19H,1-4,7,10H2,(H,17,18). The highest BCUT2D eigenvalue weighted by Crippen LogP contribution is 2.42. The van der Waals surface area contributed by atoms with Gasteiger partial charge in [-0.2, -0.15) is 0 Å². The van der Waals surface area contributed by atoms with Gasteiger partial charge in [-0.1, -0.05) is 6.07 Å². The summed E-state index contributed by atoms with van der Waals surface area (Å²) in [6.07, 6.45) is 7.92. The van der Waals surface area contributed by atoms with E-state index in [1.807, 2.05) is 18.3 Å². The SMILES string of the molecule is OCc1ccc(OCCCc2cnc[nH]2)cc1C1CC1. The first kappa shape index (κ1) is 13.2. The van der Waals surface area contributed by atoms with Crippen molar-refractivity contribution >= 4 is 0 Å². The molecule has 0 bridgehead atoms. The highest BCUT2D eigenvalue weighted by Gasteiger charge is 2.26. The van der Waals surface area contributed by atoms with Crippen molar-refractivity contribution < 1.29 is 9.84 Å². The number of hydrogen-bond donors (Lipinski definition) is 2. The van der Waals surface area contributed by atoms with Gasteiger partial charge >= 0.3 is 0 Å². The summed E-state index contributed by atoms with van der Waals surface area (Å²) in [7, 11) is 0. The number of H-pyrrole nitrogens is 1. The molecule has 0 unspecified atom stereocenters. The van der Waals surface area contributed by atoms with Crippen LogP contribution in [0.3, 0.4) is 0 Å².